The number of hydrogen-bond acceptors (Lipinski definition) is 4. The van der Waals surface area contributed by atoms with Crippen molar-refractivity contribution in [3.8, 4) is 0 Å². The van der Waals surface area contributed by atoms with Crippen molar-refractivity contribution < 1.29 is 0 Å². The van der Waals surface area contributed by atoms with Crippen LogP contribution in [0.5, 0.6) is 0 Å². The Morgan fingerprint density at radius 3 is 2.57 bits per heavy atom. The molecule has 2 aromatic heterocycles. The minimum Gasteiger partial charge on any atom is -0.324 e. The molecule has 1 atom stereocenters. The summed E-state index contributed by atoms with van der Waals surface area (Å²) in [6, 6.07) is 16.1. The molecule has 106 valence electrons. The molecule has 2 heterocycles. The maximum atomic E-state index is 6.24. The highest BCUT2D eigenvalue weighted by Gasteiger charge is 2.10. The van der Waals surface area contributed by atoms with E-state index >= 15 is 0 Å². The second kappa shape index (κ2) is 6.61. The minimum absolute atomic E-state index is 0.00370. The summed E-state index contributed by atoms with van der Waals surface area (Å²) in [5.74, 6) is 0. The molecule has 0 aliphatic heterocycles. The fraction of sp³-hybridized carbons (Fsp3) is 0.176. The van der Waals surface area contributed by atoms with E-state index < -0.39 is 0 Å². The van der Waals surface area contributed by atoms with Crippen molar-refractivity contribution in [1.29, 1.82) is 0 Å². The van der Waals surface area contributed by atoms with Crippen LogP contribution < -0.4 is 5.73 Å². The summed E-state index contributed by atoms with van der Waals surface area (Å²) in [5, 5.41) is 3.19. The highest BCUT2D eigenvalue weighted by atomic mass is 32.1. The van der Waals surface area contributed by atoms with Gasteiger partial charge in [0.15, 0.2) is 0 Å². The molecule has 0 saturated carbocycles. The molecule has 3 nitrogen and oxygen atoms in total. The van der Waals surface area contributed by atoms with Gasteiger partial charge in [0.05, 0.1) is 10.7 Å². The molecule has 0 aliphatic rings. The zero-order valence-corrected chi connectivity index (χ0v) is 12.5. The number of pyridine rings is 1. The SMILES string of the molecule is NC(Cc1csc(Cc2ccccn2)n1)c1ccccc1. The Balaban J connectivity index is 1.65. The second-order valence-electron chi connectivity index (χ2n) is 4.95. The fourth-order valence-electron chi connectivity index (χ4n) is 2.22. The Morgan fingerprint density at radius 1 is 1.00 bits per heavy atom. The topological polar surface area (TPSA) is 51.8 Å². The lowest BCUT2D eigenvalue weighted by Crippen LogP contribution is -2.13. The second-order valence-corrected chi connectivity index (χ2v) is 5.89. The van der Waals surface area contributed by atoms with Crippen molar-refractivity contribution in [2.45, 2.75) is 18.9 Å². The van der Waals surface area contributed by atoms with Crippen molar-refractivity contribution in [3.05, 3.63) is 82.1 Å². The van der Waals surface area contributed by atoms with Crippen LogP contribution in [-0.2, 0) is 12.8 Å². The predicted molar refractivity (Wildman–Crippen MR) is 86.2 cm³/mol. The third-order valence-electron chi connectivity index (χ3n) is 3.31. The molecule has 0 fully saturated rings. The van der Waals surface area contributed by atoms with Crippen LogP contribution in [-0.4, -0.2) is 9.97 Å². The van der Waals surface area contributed by atoms with Crippen molar-refractivity contribution >= 4 is 11.3 Å². The average Bonchev–Trinajstić information content (AvgIpc) is 2.96. The molecule has 0 amide bonds. The molecule has 1 unspecified atom stereocenters. The van der Waals surface area contributed by atoms with E-state index in [1.807, 2.05) is 42.6 Å². The van der Waals surface area contributed by atoms with E-state index in [0.29, 0.717) is 0 Å². The molecule has 0 spiro atoms. The first-order chi connectivity index (χ1) is 10.3. The van der Waals surface area contributed by atoms with Gasteiger partial charge >= 0.3 is 0 Å². The van der Waals surface area contributed by atoms with Crippen LogP contribution in [0.15, 0.2) is 60.1 Å². The third-order valence-corrected chi connectivity index (χ3v) is 4.21. The van der Waals surface area contributed by atoms with E-state index in [-0.39, 0.29) is 6.04 Å². The van der Waals surface area contributed by atoms with Crippen LogP contribution in [0.3, 0.4) is 0 Å². The van der Waals surface area contributed by atoms with Crippen molar-refractivity contribution in [1.82, 2.24) is 9.97 Å². The fourth-order valence-corrected chi connectivity index (χ4v) is 3.05. The summed E-state index contributed by atoms with van der Waals surface area (Å²) in [6.07, 6.45) is 3.37. The average molecular weight is 295 g/mol. The maximum Gasteiger partial charge on any atom is 0.0988 e. The molecular formula is C17H17N3S. The summed E-state index contributed by atoms with van der Waals surface area (Å²) >= 11 is 1.67. The lowest BCUT2D eigenvalue weighted by Gasteiger charge is -2.09. The molecule has 0 bridgehead atoms. The number of hydrogen-bond donors (Lipinski definition) is 1. The first kappa shape index (κ1) is 13.9. The van der Waals surface area contributed by atoms with Gasteiger partial charge in [0.1, 0.15) is 0 Å². The Morgan fingerprint density at radius 2 is 1.81 bits per heavy atom. The van der Waals surface area contributed by atoms with Crippen molar-refractivity contribution in [3.63, 3.8) is 0 Å². The van der Waals surface area contributed by atoms with E-state index in [2.05, 4.69) is 27.5 Å². The van der Waals surface area contributed by atoms with Gasteiger partial charge in [-0.3, -0.25) is 4.98 Å². The van der Waals surface area contributed by atoms with E-state index in [1.165, 1.54) is 0 Å². The van der Waals surface area contributed by atoms with Gasteiger partial charge in [-0.25, -0.2) is 4.98 Å². The zero-order chi connectivity index (χ0) is 14.5. The maximum absolute atomic E-state index is 6.24. The summed E-state index contributed by atoms with van der Waals surface area (Å²) in [6.45, 7) is 0. The largest absolute Gasteiger partial charge is 0.324 e. The monoisotopic (exact) mass is 295 g/mol. The number of thiazole rings is 1. The highest BCUT2D eigenvalue weighted by Crippen LogP contribution is 2.19. The lowest BCUT2D eigenvalue weighted by atomic mass is 10.0. The van der Waals surface area contributed by atoms with E-state index in [1.54, 1.807) is 11.3 Å². The molecule has 3 aromatic rings. The van der Waals surface area contributed by atoms with Crippen LogP contribution in [0, 0.1) is 0 Å². The number of nitrogens with zero attached hydrogens (tertiary/aromatic N) is 2. The van der Waals surface area contributed by atoms with Crippen LogP contribution >= 0.6 is 11.3 Å². The van der Waals surface area contributed by atoms with E-state index in [0.717, 1.165) is 34.8 Å². The van der Waals surface area contributed by atoms with Crippen molar-refractivity contribution in [2.75, 3.05) is 0 Å². The Hall–Kier alpha value is -2.04. The number of nitrogens with two attached hydrogens (primary N) is 1. The molecule has 1 aromatic carbocycles. The molecule has 3 rings (SSSR count). The van der Waals surface area contributed by atoms with Crippen LogP contribution in [0.1, 0.15) is 28.0 Å². The zero-order valence-electron chi connectivity index (χ0n) is 11.6. The lowest BCUT2D eigenvalue weighted by molar-refractivity contribution is 0.708. The summed E-state index contributed by atoms with van der Waals surface area (Å²) < 4.78 is 0. The number of benzene rings is 1. The summed E-state index contributed by atoms with van der Waals surface area (Å²) in [5.41, 5.74) is 9.50. The van der Waals surface area contributed by atoms with Gasteiger partial charge < -0.3 is 5.73 Å². The number of rotatable bonds is 5. The molecule has 4 heteroatoms. The van der Waals surface area contributed by atoms with Crippen LogP contribution in [0.2, 0.25) is 0 Å². The molecule has 21 heavy (non-hydrogen) atoms. The van der Waals surface area contributed by atoms with E-state index in [4.69, 9.17) is 5.73 Å². The molecule has 0 aliphatic carbocycles. The molecular weight excluding hydrogens is 278 g/mol. The summed E-state index contributed by atoms with van der Waals surface area (Å²) in [7, 11) is 0. The molecule has 0 radical (unpaired) electrons. The van der Waals surface area contributed by atoms with Crippen LogP contribution in [0.25, 0.3) is 0 Å². The van der Waals surface area contributed by atoms with Crippen LogP contribution in [0.4, 0.5) is 0 Å². The van der Waals surface area contributed by atoms with E-state index in [9.17, 15) is 0 Å². The quantitative estimate of drug-likeness (QED) is 0.785. The molecule has 0 saturated heterocycles. The van der Waals surface area contributed by atoms with Gasteiger partial charge in [-0.2, -0.15) is 0 Å². The summed E-state index contributed by atoms with van der Waals surface area (Å²) in [4.78, 5) is 9.00. The van der Waals surface area contributed by atoms with Gasteiger partial charge in [0.25, 0.3) is 0 Å². The first-order valence-corrected chi connectivity index (χ1v) is 7.83. The normalized spacial score (nSPS) is 12.2. The first-order valence-electron chi connectivity index (χ1n) is 6.95. The van der Waals surface area contributed by atoms with Gasteiger partial charge in [0.2, 0.25) is 0 Å². The van der Waals surface area contributed by atoms with Gasteiger partial charge in [-0.1, -0.05) is 36.4 Å². The van der Waals surface area contributed by atoms with Gasteiger partial charge in [0, 0.05) is 36.2 Å². The standard InChI is InChI=1S/C17H17N3S/c18-16(13-6-2-1-3-7-13)10-15-12-21-17(20-15)11-14-8-4-5-9-19-14/h1-9,12,16H,10-11,18H2. The third kappa shape index (κ3) is 3.74. The Labute approximate surface area is 128 Å². The predicted octanol–water partition coefficient (Wildman–Crippen LogP) is 3.37. The van der Waals surface area contributed by atoms with Crippen molar-refractivity contribution in [2.24, 2.45) is 5.73 Å². The Bertz CT molecular complexity index is 680. The molecule has 2 N–H and O–H groups in total. The smallest absolute Gasteiger partial charge is 0.0988 e. The Kier molecular flexibility index (Phi) is 4.38. The van der Waals surface area contributed by atoms with Gasteiger partial charge in [-0.05, 0) is 17.7 Å². The minimum atomic E-state index is -0.00370. The number of aromatic nitrogens is 2. The highest BCUT2D eigenvalue weighted by molar-refractivity contribution is 7.09. The van der Waals surface area contributed by atoms with Gasteiger partial charge in [-0.15, -0.1) is 11.3 Å².